The first-order valence-corrected chi connectivity index (χ1v) is 6.12. The van der Waals surface area contributed by atoms with E-state index in [0.29, 0.717) is 16.0 Å². The molecular formula is C11H27NSi. The van der Waals surface area contributed by atoms with Gasteiger partial charge in [0.25, 0.3) is 0 Å². The third-order valence-corrected chi connectivity index (χ3v) is 7.71. The van der Waals surface area contributed by atoms with Gasteiger partial charge >= 0.3 is 0 Å². The van der Waals surface area contributed by atoms with E-state index in [1.165, 1.54) is 10.2 Å². The maximum absolute atomic E-state index is 2.42. The van der Waals surface area contributed by atoms with E-state index in [1.54, 1.807) is 0 Å². The van der Waals surface area contributed by atoms with Crippen molar-refractivity contribution < 1.29 is 0 Å². The van der Waals surface area contributed by atoms with Crippen LogP contribution in [0, 0.1) is 10.8 Å². The molecule has 0 aromatic heterocycles. The maximum Gasteiger partial charge on any atom is 0.0297 e. The van der Waals surface area contributed by atoms with Crippen LogP contribution in [0.2, 0.25) is 0 Å². The van der Waals surface area contributed by atoms with Gasteiger partial charge in [0.1, 0.15) is 0 Å². The number of hydrogen-bond acceptors (Lipinski definition) is 1. The van der Waals surface area contributed by atoms with Crippen LogP contribution in [0.3, 0.4) is 0 Å². The molecule has 0 unspecified atom stereocenters. The lowest BCUT2D eigenvalue weighted by atomic mass is 9.70. The minimum Gasteiger partial charge on any atom is -0.306 e. The molecule has 0 fully saturated rings. The summed E-state index contributed by atoms with van der Waals surface area (Å²) in [6.07, 6.45) is 0. The first kappa shape index (κ1) is 13.2. The van der Waals surface area contributed by atoms with Crippen molar-refractivity contribution >= 4 is 10.2 Å². The normalized spacial score (nSPS) is 15.5. The summed E-state index contributed by atoms with van der Waals surface area (Å²) in [7, 11) is 5.62. The van der Waals surface area contributed by atoms with Crippen LogP contribution in [-0.4, -0.2) is 34.4 Å². The maximum atomic E-state index is 2.42. The van der Waals surface area contributed by atoms with Crippen LogP contribution in [-0.2, 0) is 0 Å². The first-order chi connectivity index (χ1) is 5.44. The van der Waals surface area contributed by atoms with Crippen LogP contribution in [0.15, 0.2) is 0 Å². The van der Waals surface area contributed by atoms with E-state index in [2.05, 4.69) is 60.5 Å². The van der Waals surface area contributed by atoms with E-state index in [0.717, 1.165) is 0 Å². The predicted octanol–water partition coefficient (Wildman–Crippen LogP) is 1.70. The zero-order chi connectivity index (χ0) is 11.1. The molecule has 0 radical (unpaired) electrons. The minimum absolute atomic E-state index is 0.347. The monoisotopic (exact) mass is 201 g/mol. The summed E-state index contributed by atoms with van der Waals surface area (Å²) in [5.74, 6) is 0. The number of nitrogens with zero attached hydrogens (tertiary/aromatic N) is 1. The van der Waals surface area contributed by atoms with Crippen molar-refractivity contribution in [3.63, 3.8) is 0 Å². The van der Waals surface area contributed by atoms with Gasteiger partial charge < -0.3 is 4.90 Å². The van der Waals surface area contributed by atoms with Crippen molar-refractivity contribution in [1.82, 2.24) is 4.90 Å². The van der Waals surface area contributed by atoms with E-state index in [1.807, 2.05) is 0 Å². The van der Waals surface area contributed by atoms with Crippen molar-refractivity contribution in [2.45, 2.75) is 46.7 Å². The third-order valence-electron chi connectivity index (χ3n) is 3.82. The van der Waals surface area contributed by atoms with Gasteiger partial charge in [0, 0.05) is 15.4 Å². The number of hydrogen-bond donors (Lipinski definition) is 0. The molecule has 0 aliphatic rings. The van der Waals surface area contributed by atoms with Crippen LogP contribution in [0.5, 0.6) is 0 Å². The van der Waals surface area contributed by atoms with Gasteiger partial charge in [-0.05, 0) is 24.9 Å². The highest BCUT2D eigenvalue weighted by atomic mass is 28.1. The molecule has 1 nitrogen and oxygen atoms in total. The van der Waals surface area contributed by atoms with Crippen LogP contribution in [0.25, 0.3) is 0 Å². The molecule has 13 heavy (non-hydrogen) atoms. The summed E-state index contributed by atoms with van der Waals surface area (Å²) in [4.78, 5) is 2.42. The van der Waals surface area contributed by atoms with Crippen LogP contribution in [0.1, 0.15) is 41.5 Å². The fraction of sp³-hybridized carbons (Fsp3) is 1.00. The molecule has 0 amide bonds. The molecule has 0 saturated carbocycles. The second-order valence-corrected chi connectivity index (χ2v) is 7.91. The second kappa shape index (κ2) is 3.39. The summed E-state index contributed by atoms with van der Waals surface area (Å²) in [6.45, 7) is 14.1. The summed E-state index contributed by atoms with van der Waals surface area (Å²) < 4.78 is 0. The minimum atomic E-state index is 0.347. The lowest BCUT2D eigenvalue weighted by Gasteiger charge is -2.56. The predicted molar refractivity (Wildman–Crippen MR) is 65.3 cm³/mol. The van der Waals surface area contributed by atoms with E-state index < -0.39 is 0 Å². The van der Waals surface area contributed by atoms with Crippen molar-refractivity contribution in [3.05, 3.63) is 0 Å². The molecular weight excluding hydrogens is 174 g/mol. The smallest absolute Gasteiger partial charge is 0.0297 e. The zero-order valence-electron chi connectivity index (χ0n) is 10.9. The highest BCUT2D eigenvalue weighted by Crippen LogP contribution is 2.44. The first-order valence-electron chi connectivity index (χ1n) is 5.12. The van der Waals surface area contributed by atoms with Gasteiger partial charge in [-0.1, -0.05) is 41.5 Å². The van der Waals surface area contributed by atoms with Crippen LogP contribution >= 0.6 is 0 Å². The van der Waals surface area contributed by atoms with Crippen molar-refractivity contribution in [2.75, 3.05) is 14.1 Å². The molecule has 0 aromatic carbocycles. The van der Waals surface area contributed by atoms with Gasteiger partial charge in [0.05, 0.1) is 0 Å². The van der Waals surface area contributed by atoms with Gasteiger partial charge in [-0.25, -0.2) is 0 Å². The average Bonchev–Trinajstić information content (AvgIpc) is 1.80. The summed E-state index contributed by atoms with van der Waals surface area (Å²) in [5, 5.41) is 0.347. The molecule has 0 bridgehead atoms. The second-order valence-electron chi connectivity index (χ2n) is 6.47. The molecule has 0 N–H and O–H groups in total. The van der Waals surface area contributed by atoms with Crippen molar-refractivity contribution in [3.8, 4) is 0 Å². The van der Waals surface area contributed by atoms with Crippen LogP contribution in [0.4, 0.5) is 0 Å². The summed E-state index contributed by atoms with van der Waals surface area (Å²) >= 11 is 0. The Balaban J connectivity index is 5.22. The topological polar surface area (TPSA) is 3.24 Å². The lowest BCUT2D eigenvalue weighted by Crippen LogP contribution is -2.62. The Bertz CT molecular complexity index is 158. The quantitative estimate of drug-likeness (QED) is 0.584. The van der Waals surface area contributed by atoms with E-state index >= 15 is 0 Å². The van der Waals surface area contributed by atoms with Gasteiger partial charge in [0.15, 0.2) is 0 Å². The van der Waals surface area contributed by atoms with Crippen molar-refractivity contribution in [2.24, 2.45) is 10.8 Å². The Kier molecular flexibility index (Phi) is 3.44. The van der Waals surface area contributed by atoms with Gasteiger partial charge in [-0.3, -0.25) is 0 Å². The molecule has 0 atom stereocenters. The van der Waals surface area contributed by atoms with Gasteiger partial charge in [0.2, 0.25) is 0 Å². The fourth-order valence-corrected chi connectivity index (χ4v) is 2.47. The Labute approximate surface area is 87.3 Å². The summed E-state index contributed by atoms with van der Waals surface area (Å²) in [5.41, 5.74) is 0.696. The Hall–Kier alpha value is 0.177. The number of rotatable bonds is 1. The lowest BCUT2D eigenvalue weighted by molar-refractivity contribution is 0.0111. The Morgan fingerprint density at radius 2 is 1.00 bits per heavy atom. The molecule has 0 aliphatic carbocycles. The van der Waals surface area contributed by atoms with Crippen molar-refractivity contribution in [1.29, 1.82) is 0 Å². The van der Waals surface area contributed by atoms with E-state index in [9.17, 15) is 0 Å². The zero-order valence-corrected chi connectivity index (χ0v) is 12.9. The SMILES string of the molecule is CN(C)C([SiH3])(C(C)(C)C)C(C)(C)C. The molecule has 0 rings (SSSR count). The standard InChI is InChI=1S/C11H27NSi/c1-9(2,3)11(13,12(7)8)10(4,5)6/h1-8,13H3. The average molecular weight is 201 g/mol. The molecule has 0 saturated heterocycles. The molecule has 0 aliphatic heterocycles. The van der Waals surface area contributed by atoms with E-state index in [4.69, 9.17) is 0 Å². The van der Waals surface area contributed by atoms with E-state index in [-0.39, 0.29) is 0 Å². The fourth-order valence-electron chi connectivity index (χ4n) is 2.47. The Morgan fingerprint density at radius 1 is 0.769 bits per heavy atom. The Morgan fingerprint density at radius 3 is 1.00 bits per heavy atom. The van der Waals surface area contributed by atoms with Crippen LogP contribution < -0.4 is 0 Å². The molecule has 80 valence electrons. The highest BCUT2D eigenvalue weighted by Gasteiger charge is 2.47. The largest absolute Gasteiger partial charge is 0.306 e. The third kappa shape index (κ3) is 2.16. The molecule has 0 aromatic rings. The van der Waals surface area contributed by atoms with Gasteiger partial charge in [-0.15, -0.1) is 0 Å². The molecule has 0 heterocycles. The van der Waals surface area contributed by atoms with Gasteiger partial charge in [-0.2, -0.15) is 0 Å². The molecule has 2 heteroatoms. The highest BCUT2D eigenvalue weighted by molar-refractivity contribution is 6.16. The molecule has 0 spiro atoms. The summed E-state index contributed by atoms with van der Waals surface area (Å²) in [6, 6.07) is 0.